The Morgan fingerprint density at radius 2 is 2.19 bits per heavy atom. The van der Waals surface area contributed by atoms with Crippen molar-refractivity contribution in [2.24, 2.45) is 5.73 Å². The Morgan fingerprint density at radius 1 is 1.50 bits per heavy atom. The summed E-state index contributed by atoms with van der Waals surface area (Å²) in [5.41, 5.74) is 6.24. The molecule has 0 unspecified atom stereocenters. The van der Waals surface area contributed by atoms with Gasteiger partial charge in [-0.1, -0.05) is 0 Å². The zero-order valence-corrected chi connectivity index (χ0v) is 9.60. The molecule has 0 saturated heterocycles. The van der Waals surface area contributed by atoms with Crippen molar-refractivity contribution >= 4 is 11.7 Å². The molecule has 6 nitrogen and oxygen atoms in total. The fourth-order valence-electron chi connectivity index (χ4n) is 1.37. The molecule has 1 amide bonds. The first kappa shape index (κ1) is 12.4. The largest absolute Gasteiger partial charge is 0.355 e. The molecule has 1 rings (SSSR count). The van der Waals surface area contributed by atoms with E-state index in [4.69, 9.17) is 5.73 Å². The maximum atomic E-state index is 11.4. The van der Waals surface area contributed by atoms with E-state index in [1.54, 1.807) is 24.3 Å². The molecule has 0 spiro atoms. The second-order valence-electron chi connectivity index (χ2n) is 3.34. The number of rotatable bonds is 5. The van der Waals surface area contributed by atoms with Crippen LogP contribution in [-0.2, 0) is 11.3 Å². The summed E-state index contributed by atoms with van der Waals surface area (Å²) in [5, 5.41) is 2.72. The number of hydrogen-bond donors (Lipinski definition) is 2. The van der Waals surface area contributed by atoms with Crippen LogP contribution in [0.5, 0.6) is 0 Å². The van der Waals surface area contributed by atoms with Gasteiger partial charge in [0.25, 0.3) is 0 Å². The zero-order chi connectivity index (χ0) is 12.0. The predicted molar refractivity (Wildman–Crippen MR) is 61.9 cm³/mol. The molecule has 1 aromatic heterocycles. The number of nitrogens with two attached hydrogens (primary N) is 1. The molecule has 0 aromatic carbocycles. The van der Waals surface area contributed by atoms with Gasteiger partial charge in [0.05, 0.1) is 12.2 Å². The number of likely N-dealkylation sites (N-methyl/N-ethyl adjacent to an activating group) is 2. The third-order valence-electron chi connectivity index (χ3n) is 2.06. The fourth-order valence-corrected chi connectivity index (χ4v) is 1.37. The van der Waals surface area contributed by atoms with Gasteiger partial charge in [0, 0.05) is 32.5 Å². The number of nitrogens with one attached hydrogen (secondary N) is 1. The third-order valence-corrected chi connectivity index (χ3v) is 2.06. The van der Waals surface area contributed by atoms with E-state index in [2.05, 4.69) is 15.3 Å². The summed E-state index contributed by atoms with van der Waals surface area (Å²) in [5.74, 6) is 0.606. The first-order chi connectivity index (χ1) is 7.69. The van der Waals surface area contributed by atoms with Gasteiger partial charge in [0.1, 0.15) is 0 Å². The predicted octanol–water partition coefficient (Wildman–Crippen LogP) is -0.492. The lowest BCUT2D eigenvalue weighted by Crippen LogP contribution is -2.36. The average Bonchev–Trinajstić information content (AvgIpc) is 2.29. The standard InChI is InChI=1S/C10H17N5O/c1-3-12-9(16)7-15(2)10-8(6-11)13-4-5-14-10/h4-5H,3,6-7,11H2,1-2H3,(H,12,16). The number of nitrogens with zero attached hydrogens (tertiary/aromatic N) is 3. The van der Waals surface area contributed by atoms with Crippen molar-refractivity contribution < 1.29 is 4.79 Å². The lowest BCUT2D eigenvalue weighted by molar-refractivity contribution is -0.119. The maximum Gasteiger partial charge on any atom is 0.239 e. The summed E-state index contributed by atoms with van der Waals surface area (Å²) >= 11 is 0. The van der Waals surface area contributed by atoms with Crippen LogP contribution < -0.4 is 16.0 Å². The van der Waals surface area contributed by atoms with Gasteiger partial charge in [-0.05, 0) is 6.92 Å². The lowest BCUT2D eigenvalue weighted by atomic mass is 10.3. The summed E-state index contributed by atoms with van der Waals surface area (Å²) in [6, 6.07) is 0. The Labute approximate surface area is 94.9 Å². The second-order valence-corrected chi connectivity index (χ2v) is 3.34. The van der Waals surface area contributed by atoms with Crippen LogP contribution in [0.25, 0.3) is 0 Å². The number of amides is 1. The molecule has 6 heteroatoms. The Balaban J connectivity index is 2.72. The van der Waals surface area contributed by atoms with Crippen LogP contribution in [-0.4, -0.2) is 36.0 Å². The van der Waals surface area contributed by atoms with Gasteiger partial charge in [-0.2, -0.15) is 0 Å². The highest BCUT2D eigenvalue weighted by Gasteiger charge is 2.11. The molecular weight excluding hydrogens is 206 g/mol. The van der Waals surface area contributed by atoms with Gasteiger partial charge >= 0.3 is 0 Å². The van der Waals surface area contributed by atoms with E-state index in [1.807, 2.05) is 6.92 Å². The molecule has 0 aliphatic rings. The molecule has 0 saturated carbocycles. The molecule has 16 heavy (non-hydrogen) atoms. The van der Waals surface area contributed by atoms with Crippen molar-refractivity contribution in [1.29, 1.82) is 0 Å². The minimum Gasteiger partial charge on any atom is -0.355 e. The highest BCUT2D eigenvalue weighted by molar-refractivity contribution is 5.80. The monoisotopic (exact) mass is 223 g/mol. The van der Waals surface area contributed by atoms with Crippen molar-refractivity contribution in [2.75, 3.05) is 25.0 Å². The minimum atomic E-state index is -0.0429. The maximum absolute atomic E-state index is 11.4. The fraction of sp³-hybridized carbons (Fsp3) is 0.500. The number of hydrogen-bond acceptors (Lipinski definition) is 5. The van der Waals surface area contributed by atoms with Crippen molar-refractivity contribution in [3.05, 3.63) is 18.1 Å². The summed E-state index contributed by atoms with van der Waals surface area (Å²) in [6.07, 6.45) is 3.17. The topological polar surface area (TPSA) is 84.1 Å². The highest BCUT2D eigenvalue weighted by Crippen LogP contribution is 2.11. The molecule has 0 fully saturated rings. The first-order valence-electron chi connectivity index (χ1n) is 5.16. The van der Waals surface area contributed by atoms with Crippen LogP contribution in [0.4, 0.5) is 5.82 Å². The van der Waals surface area contributed by atoms with Gasteiger partial charge in [-0.15, -0.1) is 0 Å². The number of carbonyl (C=O) groups is 1. The van der Waals surface area contributed by atoms with Gasteiger partial charge in [-0.3, -0.25) is 9.78 Å². The normalized spacial score (nSPS) is 9.94. The summed E-state index contributed by atoms with van der Waals surface area (Å²) in [7, 11) is 1.79. The highest BCUT2D eigenvalue weighted by atomic mass is 16.2. The summed E-state index contributed by atoms with van der Waals surface area (Å²) in [4.78, 5) is 21.4. The van der Waals surface area contributed by atoms with Crippen LogP contribution >= 0.6 is 0 Å². The van der Waals surface area contributed by atoms with E-state index in [0.717, 1.165) is 0 Å². The van der Waals surface area contributed by atoms with Crippen molar-refractivity contribution in [2.45, 2.75) is 13.5 Å². The van der Waals surface area contributed by atoms with E-state index in [9.17, 15) is 4.79 Å². The number of aromatic nitrogens is 2. The molecule has 88 valence electrons. The van der Waals surface area contributed by atoms with Crippen LogP contribution in [0.3, 0.4) is 0 Å². The lowest BCUT2D eigenvalue weighted by Gasteiger charge is -2.19. The molecule has 0 atom stereocenters. The Morgan fingerprint density at radius 3 is 2.81 bits per heavy atom. The molecule has 1 heterocycles. The number of carbonyl (C=O) groups excluding carboxylic acids is 1. The van der Waals surface area contributed by atoms with Gasteiger partial charge in [0.2, 0.25) is 5.91 Å². The van der Waals surface area contributed by atoms with Crippen molar-refractivity contribution in [3.8, 4) is 0 Å². The third kappa shape index (κ3) is 3.16. The molecule has 0 radical (unpaired) electrons. The van der Waals surface area contributed by atoms with E-state index < -0.39 is 0 Å². The van der Waals surface area contributed by atoms with Crippen LogP contribution in [0.1, 0.15) is 12.6 Å². The Kier molecular flexibility index (Phi) is 4.65. The average molecular weight is 223 g/mol. The van der Waals surface area contributed by atoms with Crippen LogP contribution in [0.2, 0.25) is 0 Å². The first-order valence-corrected chi connectivity index (χ1v) is 5.16. The van der Waals surface area contributed by atoms with Crippen LogP contribution in [0, 0.1) is 0 Å². The second kappa shape index (κ2) is 6.02. The molecule has 1 aromatic rings. The Hall–Kier alpha value is -1.69. The molecule has 0 aliphatic carbocycles. The summed E-state index contributed by atoms with van der Waals surface area (Å²) in [6.45, 7) is 3.06. The van der Waals surface area contributed by atoms with E-state index in [0.29, 0.717) is 24.6 Å². The van der Waals surface area contributed by atoms with Crippen LogP contribution in [0.15, 0.2) is 12.4 Å². The van der Waals surface area contributed by atoms with Gasteiger partial charge in [-0.25, -0.2) is 4.98 Å². The van der Waals surface area contributed by atoms with E-state index in [1.165, 1.54) is 0 Å². The van der Waals surface area contributed by atoms with Gasteiger partial charge in [0.15, 0.2) is 5.82 Å². The smallest absolute Gasteiger partial charge is 0.239 e. The summed E-state index contributed by atoms with van der Waals surface area (Å²) < 4.78 is 0. The SMILES string of the molecule is CCNC(=O)CN(C)c1nccnc1CN. The number of anilines is 1. The minimum absolute atomic E-state index is 0.0429. The molecule has 3 N–H and O–H groups in total. The molecular formula is C10H17N5O. The van der Waals surface area contributed by atoms with Crippen molar-refractivity contribution in [1.82, 2.24) is 15.3 Å². The zero-order valence-electron chi connectivity index (χ0n) is 9.60. The Bertz CT molecular complexity index is 355. The molecule has 0 aliphatic heterocycles. The van der Waals surface area contributed by atoms with E-state index >= 15 is 0 Å². The van der Waals surface area contributed by atoms with Crippen molar-refractivity contribution in [3.63, 3.8) is 0 Å². The quantitative estimate of drug-likeness (QED) is 0.703. The van der Waals surface area contributed by atoms with Gasteiger partial charge < -0.3 is 16.0 Å². The van der Waals surface area contributed by atoms with E-state index in [-0.39, 0.29) is 12.5 Å². The molecule has 0 bridgehead atoms.